The van der Waals surface area contributed by atoms with Crippen LogP contribution < -0.4 is 5.73 Å². The topological polar surface area (TPSA) is 81.8 Å². The first-order chi connectivity index (χ1) is 11.7. The Labute approximate surface area is 144 Å². The third-order valence-electron chi connectivity index (χ3n) is 4.07. The second-order valence-corrected chi connectivity index (χ2v) is 6.68. The predicted molar refractivity (Wildman–Crippen MR) is 93.6 cm³/mol. The molecule has 0 bridgehead atoms. The third kappa shape index (κ3) is 3.77. The van der Waals surface area contributed by atoms with Crippen molar-refractivity contribution >= 4 is 27.3 Å². The van der Waals surface area contributed by atoms with Gasteiger partial charge in [-0.2, -0.15) is 0 Å². The minimum Gasteiger partial charge on any atom is -0.459 e. The maximum atomic E-state index is 11.6. The molecule has 1 amide bonds. The number of hydrogen-bond donors (Lipinski definition) is 2. The summed E-state index contributed by atoms with van der Waals surface area (Å²) in [6.07, 6.45) is 3.36. The minimum absolute atomic E-state index is 0.0280. The van der Waals surface area contributed by atoms with Crippen molar-refractivity contribution in [3.05, 3.63) is 47.0 Å². The molecular weight excluding hydrogens is 326 g/mol. The van der Waals surface area contributed by atoms with E-state index in [0.717, 1.165) is 6.42 Å². The van der Waals surface area contributed by atoms with Gasteiger partial charge in [0, 0.05) is 23.6 Å². The van der Waals surface area contributed by atoms with Crippen LogP contribution in [0.3, 0.4) is 0 Å². The first kappa shape index (κ1) is 17.0. The summed E-state index contributed by atoms with van der Waals surface area (Å²) < 4.78 is 12.5. The van der Waals surface area contributed by atoms with E-state index in [2.05, 4.69) is 17.5 Å². The lowest BCUT2D eigenvalue weighted by Gasteiger charge is -2.28. The number of hydrogen-bond acceptors (Lipinski definition) is 5. The fourth-order valence-electron chi connectivity index (χ4n) is 2.86. The second-order valence-electron chi connectivity index (χ2n) is 5.77. The number of aliphatic hydroxyl groups excluding tert-OH is 1. The number of fused-ring (bicyclic) bond motifs is 1. The number of rotatable bonds is 7. The van der Waals surface area contributed by atoms with Crippen molar-refractivity contribution in [3.8, 4) is 0 Å². The number of primary amides is 1. The Morgan fingerprint density at radius 1 is 1.38 bits per heavy atom. The molecule has 5 nitrogen and oxygen atoms in total. The lowest BCUT2D eigenvalue weighted by molar-refractivity contribution is -0.144. The molecule has 0 saturated carbocycles. The van der Waals surface area contributed by atoms with E-state index < -0.39 is 12.2 Å². The highest BCUT2D eigenvalue weighted by atomic mass is 32.1. The van der Waals surface area contributed by atoms with Gasteiger partial charge < -0.3 is 20.3 Å². The Hall–Kier alpha value is -1.89. The fourth-order valence-corrected chi connectivity index (χ4v) is 3.89. The third-order valence-corrected chi connectivity index (χ3v) is 5.05. The lowest BCUT2D eigenvalue weighted by atomic mass is 9.92. The van der Waals surface area contributed by atoms with Crippen molar-refractivity contribution < 1.29 is 19.4 Å². The van der Waals surface area contributed by atoms with E-state index in [1.54, 1.807) is 17.4 Å². The van der Waals surface area contributed by atoms with Gasteiger partial charge in [-0.1, -0.05) is 18.2 Å². The van der Waals surface area contributed by atoms with Crippen LogP contribution in [0.15, 0.2) is 41.5 Å². The monoisotopic (exact) mass is 347 g/mol. The van der Waals surface area contributed by atoms with Crippen LogP contribution in [0.4, 0.5) is 0 Å². The lowest BCUT2D eigenvalue weighted by Crippen LogP contribution is -2.29. The molecule has 0 spiro atoms. The van der Waals surface area contributed by atoms with Crippen LogP contribution in [0, 0.1) is 0 Å². The molecular formula is C18H21NO4S. The van der Waals surface area contributed by atoms with Crippen LogP contribution in [-0.2, 0) is 14.3 Å². The number of carbonyl (C=O) groups is 1. The van der Waals surface area contributed by atoms with E-state index in [-0.39, 0.29) is 18.3 Å². The number of carbonyl (C=O) groups excluding carboxylic acids is 1. The predicted octanol–water partition coefficient (Wildman–Crippen LogP) is 2.89. The smallest absolute Gasteiger partial charge is 0.283 e. The molecule has 1 aliphatic rings. The number of amides is 1. The summed E-state index contributed by atoms with van der Waals surface area (Å²) in [5.74, 6) is -0.392. The highest BCUT2D eigenvalue weighted by Crippen LogP contribution is 2.38. The van der Waals surface area contributed by atoms with E-state index in [9.17, 15) is 4.79 Å². The van der Waals surface area contributed by atoms with Gasteiger partial charge in [-0.05, 0) is 41.3 Å². The molecule has 0 unspecified atom stereocenters. The summed E-state index contributed by atoms with van der Waals surface area (Å²) in [7, 11) is 0. The Balaban J connectivity index is 1.80. The zero-order valence-electron chi connectivity index (χ0n) is 13.3. The number of benzene rings is 1. The molecule has 1 aliphatic heterocycles. The molecule has 1 aromatic carbocycles. The summed E-state index contributed by atoms with van der Waals surface area (Å²) in [5, 5.41) is 12.1. The summed E-state index contributed by atoms with van der Waals surface area (Å²) in [4.78, 5) is 11.6. The molecule has 0 saturated heterocycles. The Morgan fingerprint density at radius 3 is 3.00 bits per heavy atom. The molecule has 0 fully saturated rings. The highest BCUT2D eigenvalue weighted by Gasteiger charge is 2.29. The van der Waals surface area contributed by atoms with Crippen LogP contribution in [0.5, 0.6) is 0 Å². The average Bonchev–Trinajstić information content (AvgIpc) is 3.02. The number of nitrogens with two attached hydrogens (primary N) is 1. The van der Waals surface area contributed by atoms with Crippen molar-refractivity contribution in [3.63, 3.8) is 0 Å². The average molecular weight is 347 g/mol. The molecule has 24 heavy (non-hydrogen) atoms. The van der Waals surface area contributed by atoms with Gasteiger partial charge in [0.05, 0.1) is 6.61 Å². The number of allylic oxidation sites excluding steroid dienone is 1. The maximum Gasteiger partial charge on any atom is 0.283 e. The largest absolute Gasteiger partial charge is 0.459 e. The minimum atomic E-state index is -0.580. The molecule has 0 radical (unpaired) electrons. The number of thiophene rings is 1. The van der Waals surface area contributed by atoms with E-state index in [4.69, 9.17) is 20.3 Å². The summed E-state index contributed by atoms with van der Waals surface area (Å²) in [5.41, 5.74) is 6.58. The Kier molecular flexibility index (Phi) is 5.50. The van der Waals surface area contributed by atoms with E-state index >= 15 is 0 Å². The van der Waals surface area contributed by atoms with Crippen LogP contribution in [-0.4, -0.2) is 30.5 Å². The van der Waals surface area contributed by atoms with Gasteiger partial charge in [0.2, 0.25) is 6.29 Å². The molecule has 2 atom stereocenters. The maximum absolute atomic E-state index is 11.6. The zero-order chi connectivity index (χ0) is 16.9. The molecule has 2 heterocycles. The van der Waals surface area contributed by atoms with Crippen LogP contribution >= 0.6 is 11.3 Å². The van der Waals surface area contributed by atoms with Gasteiger partial charge >= 0.3 is 0 Å². The van der Waals surface area contributed by atoms with Gasteiger partial charge in [-0.15, -0.1) is 11.3 Å². The summed E-state index contributed by atoms with van der Waals surface area (Å²) in [6, 6.07) is 8.21. The first-order valence-corrected chi connectivity index (χ1v) is 8.94. The van der Waals surface area contributed by atoms with Crippen molar-refractivity contribution in [2.45, 2.75) is 31.5 Å². The quantitative estimate of drug-likeness (QED) is 0.755. The van der Waals surface area contributed by atoms with Crippen LogP contribution in [0.25, 0.3) is 10.1 Å². The first-order valence-electron chi connectivity index (χ1n) is 8.06. The van der Waals surface area contributed by atoms with Crippen LogP contribution in [0.1, 0.15) is 30.7 Å². The fraction of sp³-hybridized carbons (Fsp3) is 0.389. The van der Waals surface area contributed by atoms with E-state index in [0.29, 0.717) is 19.4 Å². The van der Waals surface area contributed by atoms with E-state index in [1.165, 1.54) is 15.6 Å². The van der Waals surface area contributed by atoms with Gasteiger partial charge in [0.1, 0.15) is 0 Å². The Morgan fingerprint density at radius 2 is 2.21 bits per heavy atom. The summed E-state index contributed by atoms with van der Waals surface area (Å²) >= 11 is 1.69. The zero-order valence-corrected chi connectivity index (χ0v) is 14.1. The van der Waals surface area contributed by atoms with Crippen molar-refractivity contribution in [1.29, 1.82) is 0 Å². The second kappa shape index (κ2) is 7.79. The molecule has 0 aliphatic carbocycles. The molecule has 6 heteroatoms. The highest BCUT2D eigenvalue weighted by molar-refractivity contribution is 7.17. The number of ether oxygens (including phenoxy) is 2. The molecule has 128 valence electrons. The SMILES string of the molecule is NC(=O)C1=C[C@H](c2csc3ccccc23)C[C@H](OCCCCO)O1. The normalized spacial score (nSPS) is 20.6. The van der Waals surface area contributed by atoms with E-state index in [1.807, 2.05) is 12.1 Å². The molecule has 1 aromatic heterocycles. The Bertz CT molecular complexity index is 739. The van der Waals surface area contributed by atoms with Crippen LogP contribution in [0.2, 0.25) is 0 Å². The number of unbranched alkanes of at least 4 members (excludes halogenated alkanes) is 1. The van der Waals surface area contributed by atoms with Gasteiger partial charge in [0.25, 0.3) is 5.91 Å². The van der Waals surface area contributed by atoms with Crippen molar-refractivity contribution in [1.82, 2.24) is 0 Å². The molecule has 3 N–H and O–H groups in total. The van der Waals surface area contributed by atoms with Gasteiger partial charge in [0.15, 0.2) is 5.76 Å². The summed E-state index contributed by atoms with van der Waals surface area (Å²) in [6.45, 7) is 0.624. The van der Waals surface area contributed by atoms with Gasteiger partial charge in [-0.3, -0.25) is 4.79 Å². The van der Waals surface area contributed by atoms with Gasteiger partial charge in [-0.25, -0.2) is 0 Å². The standard InChI is InChI=1S/C18H21NO4S/c19-18(21)15-9-12(10-17(23-15)22-8-4-3-7-20)14-11-24-16-6-2-1-5-13(14)16/h1-2,5-6,9,11-12,17,20H,3-4,7-8,10H2,(H2,19,21)/t12-,17+/m0/s1. The van der Waals surface area contributed by atoms with Crippen molar-refractivity contribution in [2.24, 2.45) is 5.73 Å². The number of aliphatic hydroxyl groups is 1. The molecule has 3 rings (SSSR count). The van der Waals surface area contributed by atoms with Crippen molar-refractivity contribution in [2.75, 3.05) is 13.2 Å². The molecule has 2 aromatic rings.